The van der Waals surface area contributed by atoms with E-state index in [-0.39, 0.29) is 11.8 Å². The van der Waals surface area contributed by atoms with Gasteiger partial charge in [-0.3, -0.25) is 0 Å². The van der Waals surface area contributed by atoms with Crippen molar-refractivity contribution in [2.45, 2.75) is 13.0 Å². The fourth-order valence-corrected chi connectivity index (χ4v) is 2.29. The maximum atomic E-state index is 11.7. The Morgan fingerprint density at radius 3 is 2.48 bits per heavy atom. The molecule has 4 nitrogen and oxygen atoms in total. The van der Waals surface area contributed by atoms with Crippen molar-refractivity contribution in [3.8, 4) is 5.75 Å². The summed E-state index contributed by atoms with van der Waals surface area (Å²) in [6.07, 6.45) is 0.725. The molecule has 2 aromatic rings. The van der Waals surface area contributed by atoms with Crippen LogP contribution in [0.25, 0.3) is 0 Å². The lowest BCUT2D eigenvalue weighted by Crippen LogP contribution is -2.36. The number of amides is 2. The van der Waals surface area contributed by atoms with E-state index in [2.05, 4.69) is 26.6 Å². The lowest BCUT2D eigenvalue weighted by Gasteiger charge is -2.09. The van der Waals surface area contributed by atoms with E-state index in [1.807, 2.05) is 36.4 Å². The number of urea groups is 1. The molecule has 0 bridgehead atoms. The van der Waals surface area contributed by atoms with Crippen LogP contribution in [0.3, 0.4) is 0 Å². The highest BCUT2D eigenvalue weighted by Crippen LogP contribution is 2.15. The van der Waals surface area contributed by atoms with Gasteiger partial charge in [-0.25, -0.2) is 4.79 Å². The average molecular weight is 349 g/mol. The first-order chi connectivity index (χ1) is 10.1. The van der Waals surface area contributed by atoms with Gasteiger partial charge in [-0.2, -0.15) is 0 Å². The van der Waals surface area contributed by atoms with Gasteiger partial charge < -0.3 is 15.7 Å². The molecule has 0 aliphatic carbocycles. The Bertz CT molecular complexity index is 599. The molecule has 0 aliphatic rings. The Kier molecular flexibility index (Phi) is 5.63. The van der Waals surface area contributed by atoms with Gasteiger partial charge in [-0.05, 0) is 35.7 Å². The number of rotatable bonds is 5. The summed E-state index contributed by atoms with van der Waals surface area (Å²) in [5, 5.41) is 14.8. The fraction of sp³-hybridized carbons (Fsp3) is 0.188. The minimum atomic E-state index is -0.190. The van der Waals surface area contributed by atoms with Gasteiger partial charge in [0.05, 0.1) is 0 Å². The molecule has 2 amide bonds. The maximum Gasteiger partial charge on any atom is 0.315 e. The van der Waals surface area contributed by atoms with E-state index >= 15 is 0 Å². The minimum Gasteiger partial charge on any atom is -0.508 e. The number of carbonyl (C=O) groups is 1. The van der Waals surface area contributed by atoms with Crippen molar-refractivity contribution in [2.75, 3.05) is 6.54 Å². The van der Waals surface area contributed by atoms with Gasteiger partial charge in [0.15, 0.2) is 0 Å². The second kappa shape index (κ2) is 7.69. The Balaban J connectivity index is 1.70. The van der Waals surface area contributed by atoms with E-state index in [4.69, 9.17) is 0 Å². The molecule has 0 aliphatic heterocycles. The van der Waals surface area contributed by atoms with Crippen LogP contribution in [0.4, 0.5) is 4.79 Å². The van der Waals surface area contributed by atoms with E-state index < -0.39 is 0 Å². The normalized spacial score (nSPS) is 10.1. The number of hydrogen-bond donors (Lipinski definition) is 3. The number of phenolic OH excluding ortho intramolecular Hbond substituents is 1. The lowest BCUT2D eigenvalue weighted by atomic mass is 10.1. The lowest BCUT2D eigenvalue weighted by molar-refractivity contribution is 0.240. The Morgan fingerprint density at radius 2 is 1.76 bits per heavy atom. The quantitative estimate of drug-likeness (QED) is 0.776. The molecule has 0 atom stereocenters. The van der Waals surface area contributed by atoms with Crippen LogP contribution < -0.4 is 10.6 Å². The summed E-state index contributed by atoms with van der Waals surface area (Å²) in [4.78, 5) is 11.7. The van der Waals surface area contributed by atoms with E-state index in [9.17, 15) is 9.90 Å². The number of benzene rings is 2. The standard InChI is InChI=1S/C16H17BrN2O2/c17-15-4-2-1-3-13(15)11-19-16(21)18-10-9-12-5-7-14(20)8-6-12/h1-8,20H,9-11H2,(H2,18,19,21). The van der Waals surface area contributed by atoms with Gasteiger partial charge in [-0.1, -0.05) is 46.3 Å². The molecule has 5 heteroatoms. The maximum absolute atomic E-state index is 11.7. The second-order valence-corrected chi connectivity index (χ2v) is 5.47. The van der Waals surface area contributed by atoms with Crippen LogP contribution in [0.2, 0.25) is 0 Å². The van der Waals surface area contributed by atoms with Crippen LogP contribution in [-0.4, -0.2) is 17.7 Å². The van der Waals surface area contributed by atoms with E-state index in [1.165, 1.54) is 0 Å². The van der Waals surface area contributed by atoms with Crippen molar-refractivity contribution in [3.63, 3.8) is 0 Å². The molecule has 2 aromatic carbocycles. The van der Waals surface area contributed by atoms with E-state index in [0.29, 0.717) is 13.1 Å². The van der Waals surface area contributed by atoms with Crippen LogP contribution in [0.5, 0.6) is 5.75 Å². The Morgan fingerprint density at radius 1 is 1.05 bits per heavy atom. The summed E-state index contributed by atoms with van der Waals surface area (Å²) in [5.74, 6) is 0.248. The third kappa shape index (κ3) is 5.11. The fourth-order valence-electron chi connectivity index (χ4n) is 1.86. The van der Waals surface area contributed by atoms with Crippen molar-refractivity contribution in [1.29, 1.82) is 0 Å². The van der Waals surface area contributed by atoms with E-state index in [0.717, 1.165) is 22.0 Å². The molecule has 21 heavy (non-hydrogen) atoms. The number of nitrogens with one attached hydrogen (secondary N) is 2. The van der Waals surface area contributed by atoms with Gasteiger partial charge in [0.1, 0.15) is 5.75 Å². The van der Waals surface area contributed by atoms with E-state index in [1.54, 1.807) is 12.1 Å². The topological polar surface area (TPSA) is 61.4 Å². The number of carbonyl (C=O) groups excluding carboxylic acids is 1. The summed E-state index contributed by atoms with van der Waals surface area (Å²) >= 11 is 3.44. The van der Waals surface area contributed by atoms with Crippen molar-refractivity contribution < 1.29 is 9.90 Å². The number of phenols is 1. The molecule has 0 saturated carbocycles. The molecule has 2 rings (SSSR count). The summed E-state index contributed by atoms with van der Waals surface area (Å²) in [6, 6.07) is 14.6. The number of aromatic hydroxyl groups is 1. The van der Waals surface area contributed by atoms with Crippen LogP contribution in [-0.2, 0) is 13.0 Å². The van der Waals surface area contributed by atoms with Crippen LogP contribution in [0.15, 0.2) is 53.0 Å². The molecule has 0 saturated heterocycles. The van der Waals surface area contributed by atoms with Crippen molar-refractivity contribution in [3.05, 3.63) is 64.1 Å². The van der Waals surface area contributed by atoms with Gasteiger partial charge in [0.2, 0.25) is 0 Å². The first-order valence-corrected chi connectivity index (χ1v) is 7.47. The zero-order valence-corrected chi connectivity index (χ0v) is 13.1. The molecule has 3 N–H and O–H groups in total. The van der Waals surface area contributed by atoms with Crippen LogP contribution >= 0.6 is 15.9 Å². The molecule has 0 radical (unpaired) electrons. The SMILES string of the molecule is O=C(NCCc1ccc(O)cc1)NCc1ccccc1Br. The third-order valence-corrected chi connectivity index (χ3v) is 3.81. The first-order valence-electron chi connectivity index (χ1n) is 6.68. The molecule has 0 heterocycles. The average Bonchev–Trinajstić information content (AvgIpc) is 2.48. The predicted molar refractivity (Wildman–Crippen MR) is 86.2 cm³/mol. The summed E-state index contributed by atoms with van der Waals surface area (Å²) in [6.45, 7) is 1.03. The van der Waals surface area contributed by atoms with Crippen molar-refractivity contribution >= 4 is 22.0 Å². The van der Waals surface area contributed by atoms with Crippen LogP contribution in [0, 0.1) is 0 Å². The summed E-state index contributed by atoms with van der Waals surface area (Å²) in [7, 11) is 0. The second-order valence-electron chi connectivity index (χ2n) is 4.62. The summed E-state index contributed by atoms with van der Waals surface area (Å²) in [5.41, 5.74) is 2.10. The zero-order chi connectivity index (χ0) is 15.1. The van der Waals surface area contributed by atoms with Gasteiger partial charge in [0.25, 0.3) is 0 Å². The third-order valence-electron chi connectivity index (χ3n) is 3.03. The number of hydrogen-bond acceptors (Lipinski definition) is 2. The van der Waals surface area contributed by atoms with Crippen molar-refractivity contribution in [1.82, 2.24) is 10.6 Å². The minimum absolute atomic E-state index is 0.190. The van der Waals surface area contributed by atoms with Gasteiger partial charge in [-0.15, -0.1) is 0 Å². The summed E-state index contributed by atoms with van der Waals surface area (Å²) < 4.78 is 0.981. The molecule has 0 spiro atoms. The van der Waals surface area contributed by atoms with Crippen molar-refractivity contribution in [2.24, 2.45) is 0 Å². The number of halogens is 1. The zero-order valence-electron chi connectivity index (χ0n) is 11.5. The van der Waals surface area contributed by atoms with Gasteiger partial charge in [0, 0.05) is 17.6 Å². The largest absolute Gasteiger partial charge is 0.508 e. The molecule has 0 aromatic heterocycles. The Hall–Kier alpha value is -2.01. The monoisotopic (exact) mass is 348 g/mol. The molecular formula is C16H17BrN2O2. The smallest absolute Gasteiger partial charge is 0.315 e. The Labute approximate surface area is 132 Å². The highest BCUT2D eigenvalue weighted by molar-refractivity contribution is 9.10. The molecule has 0 unspecified atom stereocenters. The highest BCUT2D eigenvalue weighted by atomic mass is 79.9. The first kappa shape index (κ1) is 15.4. The van der Waals surface area contributed by atoms with Crippen LogP contribution in [0.1, 0.15) is 11.1 Å². The molecule has 0 fully saturated rings. The van der Waals surface area contributed by atoms with Gasteiger partial charge >= 0.3 is 6.03 Å². The predicted octanol–water partition coefficient (Wildman–Crippen LogP) is 3.20. The molecule has 110 valence electrons. The molecular weight excluding hydrogens is 332 g/mol. The highest BCUT2D eigenvalue weighted by Gasteiger charge is 2.02.